The fourth-order valence-corrected chi connectivity index (χ4v) is 4.37. The zero-order valence-corrected chi connectivity index (χ0v) is 16.4. The molecule has 142 valence electrons. The molecule has 0 bridgehead atoms. The summed E-state index contributed by atoms with van der Waals surface area (Å²) in [6, 6.07) is 4.91. The van der Waals surface area contributed by atoms with Crippen LogP contribution in [0, 0.1) is 12.3 Å². The molecule has 0 spiro atoms. The van der Waals surface area contributed by atoms with E-state index in [0.29, 0.717) is 24.2 Å². The minimum Gasteiger partial charge on any atom is -0.330 e. The highest BCUT2D eigenvalue weighted by Crippen LogP contribution is 2.38. The maximum absolute atomic E-state index is 12.4. The average molecular weight is 390 g/mol. The molecule has 4 N–H and O–H groups in total. The van der Waals surface area contributed by atoms with Crippen molar-refractivity contribution in [3.63, 3.8) is 0 Å². The number of nitrogens with two attached hydrogens (primary N) is 1. The Balaban J connectivity index is 0.00000312. The van der Waals surface area contributed by atoms with E-state index in [4.69, 9.17) is 5.73 Å². The quantitative estimate of drug-likeness (QED) is 0.695. The second-order valence-corrected chi connectivity index (χ2v) is 8.53. The number of amides is 1. The van der Waals surface area contributed by atoms with Crippen molar-refractivity contribution in [1.82, 2.24) is 4.72 Å². The molecule has 0 heterocycles. The van der Waals surface area contributed by atoms with Gasteiger partial charge < -0.3 is 11.1 Å². The van der Waals surface area contributed by atoms with Gasteiger partial charge in [-0.05, 0) is 56.5 Å². The van der Waals surface area contributed by atoms with E-state index in [2.05, 4.69) is 10.0 Å². The summed E-state index contributed by atoms with van der Waals surface area (Å²) in [6.45, 7) is 2.23. The number of anilines is 1. The van der Waals surface area contributed by atoms with Crippen LogP contribution in [0.5, 0.6) is 0 Å². The van der Waals surface area contributed by atoms with Crippen LogP contribution in [-0.2, 0) is 14.8 Å². The normalized spacial score (nSPS) is 16.8. The Morgan fingerprint density at radius 1 is 1.24 bits per heavy atom. The third-order valence-corrected chi connectivity index (χ3v) is 6.47. The van der Waals surface area contributed by atoms with Gasteiger partial charge in [0, 0.05) is 12.1 Å². The van der Waals surface area contributed by atoms with Gasteiger partial charge in [0.15, 0.2) is 0 Å². The van der Waals surface area contributed by atoms with Gasteiger partial charge in [-0.1, -0.05) is 25.3 Å². The first-order chi connectivity index (χ1) is 11.3. The minimum atomic E-state index is -3.55. The van der Waals surface area contributed by atoms with Crippen LogP contribution in [-0.4, -0.2) is 27.9 Å². The van der Waals surface area contributed by atoms with Crippen LogP contribution < -0.4 is 15.8 Å². The predicted molar refractivity (Wildman–Crippen MR) is 102 cm³/mol. The summed E-state index contributed by atoms with van der Waals surface area (Å²) >= 11 is 0. The van der Waals surface area contributed by atoms with E-state index < -0.39 is 10.0 Å². The smallest absolute Gasteiger partial charge is 0.240 e. The van der Waals surface area contributed by atoms with E-state index in [-0.39, 0.29) is 28.6 Å². The van der Waals surface area contributed by atoms with E-state index >= 15 is 0 Å². The largest absolute Gasteiger partial charge is 0.330 e. The Kier molecular flexibility index (Phi) is 7.87. The molecule has 1 aliphatic rings. The van der Waals surface area contributed by atoms with Gasteiger partial charge in [0.2, 0.25) is 15.9 Å². The summed E-state index contributed by atoms with van der Waals surface area (Å²) in [4.78, 5) is 12.6. The van der Waals surface area contributed by atoms with E-state index in [9.17, 15) is 13.2 Å². The number of benzene rings is 1. The van der Waals surface area contributed by atoms with Gasteiger partial charge in [-0.2, -0.15) is 0 Å². The number of rotatable bonds is 6. The van der Waals surface area contributed by atoms with Crippen LogP contribution in [0.2, 0.25) is 0 Å². The molecular weight excluding hydrogens is 362 g/mol. The number of hydrogen-bond donors (Lipinski definition) is 3. The second-order valence-electron chi connectivity index (χ2n) is 6.68. The Morgan fingerprint density at radius 3 is 2.44 bits per heavy atom. The number of sulfonamides is 1. The minimum absolute atomic E-state index is 0. The lowest BCUT2D eigenvalue weighted by Gasteiger charge is -2.35. The first kappa shape index (κ1) is 21.9. The topological polar surface area (TPSA) is 101 Å². The van der Waals surface area contributed by atoms with Gasteiger partial charge in [0.05, 0.1) is 4.90 Å². The third-order valence-electron chi connectivity index (χ3n) is 4.91. The molecule has 0 radical (unpaired) electrons. The number of aryl methyl sites for hydroxylation is 1. The fraction of sp³-hybridized carbons (Fsp3) is 0.588. The van der Waals surface area contributed by atoms with Crippen LogP contribution in [0.25, 0.3) is 0 Å². The highest BCUT2D eigenvalue weighted by Gasteiger charge is 2.33. The zero-order valence-electron chi connectivity index (χ0n) is 14.8. The monoisotopic (exact) mass is 389 g/mol. The van der Waals surface area contributed by atoms with Gasteiger partial charge in [0.1, 0.15) is 0 Å². The predicted octanol–water partition coefficient (Wildman–Crippen LogP) is 2.56. The van der Waals surface area contributed by atoms with Crippen molar-refractivity contribution in [1.29, 1.82) is 0 Å². The summed E-state index contributed by atoms with van der Waals surface area (Å²) < 4.78 is 26.4. The van der Waals surface area contributed by atoms with Crippen LogP contribution >= 0.6 is 12.4 Å². The molecular formula is C17H28ClN3O3S. The van der Waals surface area contributed by atoms with Crippen molar-refractivity contribution in [3.8, 4) is 0 Å². The summed E-state index contributed by atoms with van der Waals surface area (Å²) in [5.41, 5.74) is 6.93. The second kappa shape index (κ2) is 8.98. The maximum Gasteiger partial charge on any atom is 0.240 e. The molecule has 1 aliphatic carbocycles. The van der Waals surface area contributed by atoms with E-state index in [1.807, 2.05) is 0 Å². The van der Waals surface area contributed by atoms with Gasteiger partial charge in [-0.25, -0.2) is 13.1 Å². The molecule has 0 atom stereocenters. The Morgan fingerprint density at radius 2 is 1.88 bits per heavy atom. The van der Waals surface area contributed by atoms with Crippen molar-refractivity contribution >= 4 is 34.0 Å². The highest BCUT2D eigenvalue weighted by atomic mass is 35.5. The molecule has 0 aromatic heterocycles. The molecule has 1 amide bonds. The molecule has 0 saturated heterocycles. The maximum atomic E-state index is 12.4. The van der Waals surface area contributed by atoms with Crippen molar-refractivity contribution in [2.75, 3.05) is 18.9 Å². The van der Waals surface area contributed by atoms with Crippen LogP contribution in [0.4, 0.5) is 5.69 Å². The highest BCUT2D eigenvalue weighted by molar-refractivity contribution is 7.89. The van der Waals surface area contributed by atoms with Crippen LogP contribution in [0.15, 0.2) is 23.1 Å². The fourth-order valence-electron chi connectivity index (χ4n) is 3.38. The van der Waals surface area contributed by atoms with Crippen LogP contribution in [0.3, 0.4) is 0 Å². The standard InChI is InChI=1S/C17H27N3O3S.ClH/c1-13-6-7-14(10-15(13)24(22,23)19-2)20-16(21)11-17(12-18)8-4-3-5-9-17;/h6-7,10,19H,3-5,8-9,11-12,18H2,1-2H3,(H,20,21);1H. The molecule has 8 heteroatoms. The molecule has 1 aromatic carbocycles. The van der Waals surface area contributed by atoms with E-state index in [1.54, 1.807) is 19.1 Å². The lowest BCUT2D eigenvalue weighted by molar-refractivity contribution is -0.118. The molecule has 0 unspecified atom stereocenters. The molecule has 0 aliphatic heterocycles. The van der Waals surface area contributed by atoms with Crippen LogP contribution in [0.1, 0.15) is 44.1 Å². The first-order valence-electron chi connectivity index (χ1n) is 8.36. The molecule has 6 nitrogen and oxygen atoms in total. The molecule has 1 saturated carbocycles. The molecule has 25 heavy (non-hydrogen) atoms. The third kappa shape index (κ3) is 5.41. The van der Waals surface area contributed by atoms with Crippen molar-refractivity contribution in [2.45, 2.75) is 50.3 Å². The molecule has 1 fully saturated rings. The Labute approximate surface area is 156 Å². The summed E-state index contributed by atoms with van der Waals surface area (Å²) in [5.74, 6) is -0.112. The average Bonchev–Trinajstić information content (AvgIpc) is 2.57. The van der Waals surface area contributed by atoms with E-state index in [1.165, 1.54) is 19.5 Å². The number of nitrogens with one attached hydrogen (secondary N) is 2. The first-order valence-corrected chi connectivity index (χ1v) is 9.84. The summed E-state index contributed by atoms with van der Waals surface area (Å²) in [6.07, 6.45) is 5.76. The number of halogens is 1. The lowest BCUT2D eigenvalue weighted by atomic mass is 9.71. The van der Waals surface area contributed by atoms with Gasteiger partial charge >= 0.3 is 0 Å². The number of carbonyl (C=O) groups excluding carboxylic acids is 1. The van der Waals surface area contributed by atoms with Crippen molar-refractivity contribution < 1.29 is 13.2 Å². The van der Waals surface area contributed by atoms with Crippen molar-refractivity contribution in [3.05, 3.63) is 23.8 Å². The van der Waals surface area contributed by atoms with Crippen molar-refractivity contribution in [2.24, 2.45) is 11.1 Å². The summed E-state index contributed by atoms with van der Waals surface area (Å²) in [7, 11) is -2.18. The summed E-state index contributed by atoms with van der Waals surface area (Å²) in [5, 5.41) is 2.83. The van der Waals surface area contributed by atoms with Gasteiger partial charge in [-0.3, -0.25) is 4.79 Å². The van der Waals surface area contributed by atoms with Gasteiger partial charge in [-0.15, -0.1) is 12.4 Å². The Hall–Kier alpha value is -1.15. The van der Waals surface area contributed by atoms with Gasteiger partial charge in [0.25, 0.3) is 0 Å². The molecule has 2 rings (SSSR count). The number of carbonyl (C=O) groups is 1. The lowest BCUT2D eigenvalue weighted by Crippen LogP contribution is -2.36. The zero-order chi connectivity index (χ0) is 17.8. The Bertz CT molecular complexity index is 701. The SMILES string of the molecule is CNS(=O)(=O)c1cc(NC(=O)CC2(CN)CCCCC2)ccc1C.Cl. The number of hydrogen-bond acceptors (Lipinski definition) is 4. The van der Waals surface area contributed by atoms with E-state index in [0.717, 1.165) is 25.7 Å². The molecule has 1 aromatic rings.